The van der Waals surface area contributed by atoms with Gasteiger partial charge in [0, 0.05) is 18.7 Å². The number of carboxylic acid groups (broad SMARTS) is 1. The number of amides is 2. The van der Waals surface area contributed by atoms with E-state index in [0.29, 0.717) is 12.3 Å². The number of fused-ring (bicyclic) bond motifs is 1. The molecule has 0 saturated heterocycles. The van der Waals surface area contributed by atoms with E-state index in [4.69, 9.17) is 0 Å². The summed E-state index contributed by atoms with van der Waals surface area (Å²) in [4.78, 5) is 25.5. The van der Waals surface area contributed by atoms with Gasteiger partial charge in [0.25, 0.3) is 5.91 Å². The molecule has 8 heteroatoms. The maximum atomic E-state index is 13.1. The van der Waals surface area contributed by atoms with Crippen molar-refractivity contribution in [3.05, 3.63) is 70.3 Å². The molecule has 1 unspecified atom stereocenters. The molecule has 1 aliphatic rings. The zero-order chi connectivity index (χ0) is 22.1. The third-order valence-electron chi connectivity index (χ3n) is 5.18. The van der Waals surface area contributed by atoms with Crippen molar-refractivity contribution < 1.29 is 27.9 Å². The molecular formula is C22H23F3N2O3. The lowest BCUT2D eigenvalue weighted by atomic mass is 9.95. The molecule has 0 spiro atoms. The Morgan fingerprint density at radius 1 is 1.20 bits per heavy atom. The maximum absolute atomic E-state index is 13.1. The molecule has 0 aromatic heterocycles. The minimum Gasteiger partial charge on any atom is -0.465 e. The Hall–Kier alpha value is -3.03. The summed E-state index contributed by atoms with van der Waals surface area (Å²) in [5.41, 5.74) is 1.09. The van der Waals surface area contributed by atoms with E-state index in [1.807, 2.05) is 13.8 Å². The van der Waals surface area contributed by atoms with Crippen LogP contribution in [-0.2, 0) is 19.3 Å². The van der Waals surface area contributed by atoms with Gasteiger partial charge in [-0.15, -0.1) is 0 Å². The van der Waals surface area contributed by atoms with E-state index >= 15 is 0 Å². The monoisotopic (exact) mass is 420 g/mol. The number of alkyl halides is 3. The van der Waals surface area contributed by atoms with Crippen LogP contribution in [0.3, 0.4) is 0 Å². The van der Waals surface area contributed by atoms with Crippen LogP contribution < -0.4 is 5.32 Å². The van der Waals surface area contributed by atoms with Crippen molar-refractivity contribution in [2.24, 2.45) is 5.92 Å². The van der Waals surface area contributed by atoms with Gasteiger partial charge in [0.2, 0.25) is 0 Å². The Balaban J connectivity index is 1.77. The number of nitrogens with one attached hydrogen (secondary N) is 1. The highest BCUT2D eigenvalue weighted by molar-refractivity contribution is 5.94. The van der Waals surface area contributed by atoms with Gasteiger partial charge in [-0.2, -0.15) is 13.2 Å². The summed E-state index contributed by atoms with van der Waals surface area (Å²) in [6, 6.07) is 9.77. The van der Waals surface area contributed by atoms with Gasteiger partial charge in [-0.05, 0) is 47.2 Å². The molecule has 5 nitrogen and oxygen atoms in total. The molecule has 30 heavy (non-hydrogen) atoms. The van der Waals surface area contributed by atoms with Crippen molar-refractivity contribution in [2.45, 2.75) is 45.6 Å². The van der Waals surface area contributed by atoms with Crippen LogP contribution in [0.25, 0.3) is 0 Å². The van der Waals surface area contributed by atoms with Crippen molar-refractivity contribution in [3.63, 3.8) is 0 Å². The Kier molecular flexibility index (Phi) is 6.05. The van der Waals surface area contributed by atoms with Crippen LogP contribution in [0.15, 0.2) is 42.5 Å². The van der Waals surface area contributed by atoms with Gasteiger partial charge >= 0.3 is 12.3 Å². The van der Waals surface area contributed by atoms with Gasteiger partial charge in [0.1, 0.15) is 0 Å². The molecule has 0 aliphatic carbocycles. The predicted molar refractivity (Wildman–Crippen MR) is 105 cm³/mol. The van der Waals surface area contributed by atoms with Crippen LogP contribution in [-0.4, -0.2) is 22.0 Å². The van der Waals surface area contributed by atoms with E-state index in [9.17, 15) is 27.9 Å². The summed E-state index contributed by atoms with van der Waals surface area (Å²) in [5.74, 6) is -0.219. The quantitative estimate of drug-likeness (QED) is 0.697. The fourth-order valence-electron chi connectivity index (χ4n) is 3.80. The summed E-state index contributed by atoms with van der Waals surface area (Å²) in [5, 5.41) is 12.0. The van der Waals surface area contributed by atoms with Gasteiger partial charge in [0.15, 0.2) is 0 Å². The first kappa shape index (κ1) is 21.7. The Labute approximate surface area is 172 Å². The molecule has 0 radical (unpaired) electrons. The van der Waals surface area contributed by atoms with Crippen LogP contribution in [0, 0.1) is 5.92 Å². The molecule has 3 rings (SSSR count). The van der Waals surface area contributed by atoms with E-state index in [-0.39, 0.29) is 30.3 Å². The molecule has 160 valence electrons. The first-order valence-electron chi connectivity index (χ1n) is 9.63. The van der Waals surface area contributed by atoms with Gasteiger partial charge in [-0.3, -0.25) is 9.69 Å². The second-order valence-electron chi connectivity index (χ2n) is 7.81. The van der Waals surface area contributed by atoms with E-state index in [0.717, 1.165) is 17.2 Å². The SMILES string of the molecule is CC(C)CC1c2ccc(C(=O)NCc3ccccc3C(F)(F)F)cc2CN1C(=O)O. The van der Waals surface area contributed by atoms with Crippen LogP contribution >= 0.6 is 0 Å². The Bertz CT molecular complexity index is 957. The minimum absolute atomic E-state index is 0.0199. The highest BCUT2D eigenvalue weighted by Crippen LogP contribution is 2.38. The summed E-state index contributed by atoms with van der Waals surface area (Å²) >= 11 is 0. The second kappa shape index (κ2) is 8.38. The first-order valence-corrected chi connectivity index (χ1v) is 9.63. The zero-order valence-corrected chi connectivity index (χ0v) is 16.7. The predicted octanol–water partition coefficient (Wildman–Crippen LogP) is 5.22. The molecule has 2 aromatic carbocycles. The summed E-state index contributed by atoms with van der Waals surface area (Å²) < 4.78 is 39.3. The smallest absolute Gasteiger partial charge is 0.416 e. The van der Waals surface area contributed by atoms with Gasteiger partial charge in [0.05, 0.1) is 11.6 Å². The molecular weight excluding hydrogens is 397 g/mol. The number of nitrogens with zero attached hydrogens (tertiary/aromatic N) is 1. The standard InChI is InChI=1S/C22H23F3N2O3/c1-13(2)9-19-17-8-7-14(10-16(17)12-27(19)21(29)30)20(28)26-11-15-5-3-4-6-18(15)22(23,24)25/h3-8,10,13,19H,9,11-12H2,1-2H3,(H,26,28)(H,29,30). The fraction of sp³-hybridized carbons (Fsp3) is 0.364. The Morgan fingerprint density at radius 3 is 2.53 bits per heavy atom. The van der Waals surface area contributed by atoms with Crippen molar-refractivity contribution in [1.82, 2.24) is 10.2 Å². The van der Waals surface area contributed by atoms with E-state index in [1.165, 1.54) is 23.1 Å². The number of benzene rings is 2. The van der Waals surface area contributed by atoms with Crippen LogP contribution in [0.1, 0.15) is 58.9 Å². The maximum Gasteiger partial charge on any atom is 0.416 e. The van der Waals surface area contributed by atoms with Crippen molar-refractivity contribution in [1.29, 1.82) is 0 Å². The summed E-state index contributed by atoms with van der Waals surface area (Å²) in [6.45, 7) is 3.94. The fourth-order valence-corrected chi connectivity index (χ4v) is 3.80. The number of hydrogen-bond donors (Lipinski definition) is 2. The van der Waals surface area contributed by atoms with Gasteiger partial charge in [-0.1, -0.05) is 38.1 Å². The lowest BCUT2D eigenvalue weighted by Gasteiger charge is -2.23. The van der Waals surface area contributed by atoms with E-state index in [2.05, 4.69) is 5.32 Å². The van der Waals surface area contributed by atoms with Crippen LogP contribution in [0.4, 0.5) is 18.0 Å². The zero-order valence-electron chi connectivity index (χ0n) is 16.7. The van der Waals surface area contributed by atoms with Crippen LogP contribution in [0.5, 0.6) is 0 Å². The molecule has 2 aromatic rings. The van der Waals surface area contributed by atoms with Crippen molar-refractivity contribution >= 4 is 12.0 Å². The third-order valence-corrected chi connectivity index (χ3v) is 5.18. The number of halogens is 3. The van der Waals surface area contributed by atoms with E-state index < -0.39 is 23.7 Å². The molecule has 1 atom stereocenters. The highest BCUT2D eigenvalue weighted by Gasteiger charge is 2.35. The normalized spacial score (nSPS) is 15.9. The second-order valence-corrected chi connectivity index (χ2v) is 7.81. The average Bonchev–Trinajstić information content (AvgIpc) is 3.03. The summed E-state index contributed by atoms with van der Waals surface area (Å²) in [7, 11) is 0. The molecule has 1 heterocycles. The number of carbonyl (C=O) groups excluding carboxylic acids is 1. The lowest BCUT2D eigenvalue weighted by Crippen LogP contribution is -2.28. The molecule has 0 fully saturated rings. The van der Waals surface area contributed by atoms with Crippen LogP contribution in [0.2, 0.25) is 0 Å². The summed E-state index contributed by atoms with van der Waals surface area (Å²) in [6.07, 6.45) is -4.86. The highest BCUT2D eigenvalue weighted by atomic mass is 19.4. The molecule has 1 aliphatic heterocycles. The number of hydrogen-bond acceptors (Lipinski definition) is 2. The van der Waals surface area contributed by atoms with Gasteiger partial charge in [-0.25, -0.2) is 4.79 Å². The third kappa shape index (κ3) is 4.58. The molecule has 2 amide bonds. The Morgan fingerprint density at radius 2 is 1.90 bits per heavy atom. The molecule has 2 N–H and O–H groups in total. The van der Waals surface area contributed by atoms with Crippen molar-refractivity contribution in [3.8, 4) is 0 Å². The molecule has 0 bridgehead atoms. The molecule has 0 saturated carbocycles. The topological polar surface area (TPSA) is 69.6 Å². The average molecular weight is 420 g/mol. The number of rotatable bonds is 5. The lowest BCUT2D eigenvalue weighted by molar-refractivity contribution is -0.138. The van der Waals surface area contributed by atoms with Gasteiger partial charge < -0.3 is 10.4 Å². The van der Waals surface area contributed by atoms with Crippen molar-refractivity contribution in [2.75, 3.05) is 0 Å². The largest absolute Gasteiger partial charge is 0.465 e. The number of carbonyl (C=O) groups is 2. The first-order chi connectivity index (χ1) is 14.1. The minimum atomic E-state index is -4.50. The van der Waals surface area contributed by atoms with E-state index in [1.54, 1.807) is 18.2 Å².